The summed E-state index contributed by atoms with van der Waals surface area (Å²) in [5, 5.41) is 1.75. The van der Waals surface area contributed by atoms with Crippen LogP contribution in [0.4, 0.5) is 10.1 Å². The van der Waals surface area contributed by atoms with Crippen molar-refractivity contribution in [1.82, 2.24) is 0 Å². The Balaban J connectivity index is 2.30. The van der Waals surface area contributed by atoms with Crippen molar-refractivity contribution >= 4 is 5.69 Å². The fourth-order valence-electron chi connectivity index (χ4n) is 2.63. The Hall–Kier alpha value is -1.87. The number of anilines is 1. The van der Waals surface area contributed by atoms with Crippen LogP contribution in [-0.2, 0) is 0 Å². The average molecular weight is 242 g/mol. The summed E-state index contributed by atoms with van der Waals surface area (Å²) in [4.78, 5) is 0. The number of rotatable bonds is 0. The maximum Gasteiger partial charge on any atom is 0.123 e. The molecule has 2 N–H and O–H groups in total. The van der Waals surface area contributed by atoms with Crippen LogP contribution in [0.3, 0.4) is 0 Å². The van der Waals surface area contributed by atoms with Crippen molar-refractivity contribution in [3.05, 3.63) is 53.8 Å². The first kappa shape index (κ1) is 11.2. The van der Waals surface area contributed by atoms with Crippen LogP contribution in [0.2, 0.25) is 0 Å². The van der Waals surface area contributed by atoms with Crippen LogP contribution in [0.15, 0.2) is 42.5 Å². The molecule has 1 unspecified atom stereocenters. The molecule has 0 spiro atoms. The molecule has 92 valence electrons. The largest absolute Gasteiger partial charge is 0.310 e. The number of nitrogens with two attached hydrogens (primary N) is 1. The molecule has 0 amide bonds. The van der Waals surface area contributed by atoms with E-state index in [4.69, 9.17) is 5.84 Å². The van der Waals surface area contributed by atoms with Crippen LogP contribution in [0.1, 0.15) is 18.4 Å². The van der Waals surface area contributed by atoms with Gasteiger partial charge in [-0.1, -0.05) is 31.2 Å². The van der Waals surface area contributed by atoms with Crippen LogP contribution in [0.5, 0.6) is 0 Å². The lowest BCUT2D eigenvalue weighted by Gasteiger charge is -2.20. The number of fused-ring (bicyclic) bond motifs is 3. The van der Waals surface area contributed by atoms with Gasteiger partial charge in [-0.15, -0.1) is 0 Å². The standard InChI is InChI=1S/C15H15FN2/c1-10-9-18(17)15-5-3-2-4-13(15)12-7-6-11(16)8-14(10)12/h2-8,10H,9,17H2,1H3. The second kappa shape index (κ2) is 4.10. The summed E-state index contributed by atoms with van der Waals surface area (Å²) in [6, 6.07) is 13.0. The molecular formula is C15H15FN2. The van der Waals surface area contributed by atoms with Gasteiger partial charge in [0.25, 0.3) is 0 Å². The molecule has 0 saturated carbocycles. The smallest absolute Gasteiger partial charge is 0.123 e. The molecule has 0 aliphatic carbocycles. The second-order valence-electron chi connectivity index (χ2n) is 4.80. The Labute approximate surface area is 106 Å². The molecule has 0 bridgehead atoms. The van der Waals surface area contributed by atoms with E-state index in [1.165, 1.54) is 6.07 Å². The Morgan fingerprint density at radius 1 is 1.17 bits per heavy atom. The SMILES string of the molecule is CC1CN(N)c2ccccc2-c2ccc(F)cc21. The summed E-state index contributed by atoms with van der Waals surface area (Å²) < 4.78 is 13.4. The minimum Gasteiger partial charge on any atom is -0.310 e. The van der Waals surface area contributed by atoms with Crippen molar-refractivity contribution in [1.29, 1.82) is 0 Å². The maximum atomic E-state index is 13.4. The molecule has 2 aromatic rings. The first-order valence-corrected chi connectivity index (χ1v) is 6.08. The van der Waals surface area contributed by atoms with Crippen LogP contribution >= 0.6 is 0 Å². The van der Waals surface area contributed by atoms with Crippen LogP contribution < -0.4 is 10.9 Å². The number of nitrogens with zero attached hydrogens (tertiary/aromatic N) is 1. The highest BCUT2D eigenvalue weighted by atomic mass is 19.1. The van der Waals surface area contributed by atoms with Gasteiger partial charge in [-0.25, -0.2) is 10.2 Å². The third-order valence-electron chi connectivity index (χ3n) is 3.52. The lowest BCUT2D eigenvalue weighted by molar-refractivity contribution is 0.620. The normalized spacial score (nSPS) is 17.9. The number of hydrogen-bond donors (Lipinski definition) is 1. The minimum absolute atomic E-state index is 0.191. The van der Waals surface area contributed by atoms with Crippen LogP contribution in [-0.4, -0.2) is 6.54 Å². The minimum atomic E-state index is -0.191. The van der Waals surface area contributed by atoms with E-state index in [0.29, 0.717) is 6.54 Å². The van der Waals surface area contributed by atoms with Gasteiger partial charge in [0, 0.05) is 18.0 Å². The van der Waals surface area contributed by atoms with E-state index in [-0.39, 0.29) is 11.7 Å². The number of benzene rings is 2. The first-order chi connectivity index (χ1) is 8.66. The topological polar surface area (TPSA) is 29.3 Å². The Morgan fingerprint density at radius 3 is 2.78 bits per heavy atom. The Bertz CT molecular complexity index is 595. The van der Waals surface area contributed by atoms with Crippen molar-refractivity contribution < 1.29 is 4.39 Å². The predicted molar refractivity (Wildman–Crippen MR) is 71.8 cm³/mol. The van der Waals surface area contributed by atoms with Crippen molar-refractivity contribution in [3.63, 3.8) is 0 Å². The number of para-hydroxylation sites is 1. The summed E-state index contributed by atoms with van der Waals surface area (Å²) in [7, 11) is 0. The van der Waals surface area contributed by atoms with Gasteiger partial charge in [0.1, 0.15) is 5.82 Å². The van der Waals surface area contributed by atoms with Crippen LogP contribution in [0, 0.1) is 5.82 Å². The average Bonchev–Trinajstić information content (AvgIpc) is 2.47. The van der Waals surface area contributed by atoms with Gasteiger partial charge in [-0.3, -0.25) is 0 Å². The molecule has 0 saturated heterocycles. The Kier molecular flexibility index (Phi) is 2.56. The molecule has 2 aromatic carbocycles. The molecule has 1 aliphatic heterocycles. The van der Waals surface area contributed by atoms with Crippen molar-refractivity contribution in [2.75, 3.05) is 11.6 Å². The summed E-state index contributed by atoms with van der Waals surface area (Å²) in [6.45, 7) is 2.76. The molecule has 0 radical (unpaired) electrons. The molecule has 3 heteroatoms. The number of halogens is 1. The van der Waals surface area contributed by atoms with E-state index >= 15 is 0 Å². The van der Waals surface area contributed by atoms with Gasteiger partial charge < -0.3 is 5.01 Å². The summed E-state index contributed by atoms with van der Waals surface area (Å²) in [6.07, 6.45) is 0. The van der Waals surface area contributed by atoms with Crippen molar-refractivity contribution in [3.8, 4) is 11.1 Å². The van der Waals surface area contributed by atoms with Gasteiger partial charge in [0.05, 0.1) is 5.69 Å². The predicted octanol–water partition coefficient (Wildman–Crippen LogP) is 3.29. The second-order valence-corrected chi connectivity index (χ2v) is 4.80. The van der Waals surface area contributed by atoms with E-state index in [2.05, 4.69) is 6.92 Å². The lowest BCUT2D eigenvalue weighted by atomic mass is 9.92. The Morgan fingerprint density at radius 2 is 1.94 bits per heavy atom. The van der Waals surface area contributed by atoms with Gasteiger partial charge in [0.2, 0.25) is 0 Å². The van der Waals surface area contributed by atoms with Crippen molar-refractivity contribution in [2.24, 2.45) is 5.84 Å². The molecule has 18 heavy (non-hydrogen) atoms. The summed E-state index contributed by atoms with van der Waals surface area (Å²) >= 11 is 0. The zero-order valence-electron chi connectivity index (χ0n) is 10.2. The lowest BCUT2D eigenvalue weighted by Crippen LogP contribution is -2.33. The van der Waals surface area contributed by atoms with E-state index in [9.17, 15) is 4.39 Å². The van der Waals surface area contributed by atoms with E-state index in [1.807, 2.05) is 30.3 Å². The monoisotopic (exact) mass is 242 g/mol. The number of hydrazine groups is 1. The fourth-order valence-corrected chi connectivity index (χ4v) is 2.63. The molecule has 3 rings (SSSR count). The third-order valence-corrected chi connectivity index (χ3v) is 3.52. The third kappa shape index (κ3) is 1.68. The molecule has 0 aromatic heterocycles. The zero-order valence-corrected chi connectivity index (χ0v) is 10.2. The highest BCUT2D eigenvalue weighted by molar-refractivity contribution is 5.82. The zero-order chi connectivity index (χ0) is 12.7. The highest BCUT2D eigenvalue weighted by Gasteiger charge is 2.22. The van der Waals surface area contributed by atoms with Crippen molar-refractivity contribution in [2.45, 2.75) is 12.8 Å². The van der Waals surface area contributed by atoms with Gasteiger partial charge in [0.15, 0.2) is 0 Å². The number of hydrogen-bond acceptors (Lipinski definition) is 2. The van der Waals surface area contributed by atoms with Crippen LogP contribution in [0.25, 0.3) is 11.1 Å². The molecule has 2 nitrogen and oxygen atoms in total. The van der Waals surface area contributed by atoms with E-state index < -0.39 is 0 Å². The van der Waals surface area contributed by atoms with E-state index in [0.717, 1.165) is 22.4 Å². The quantitative estimate of drug-likeness (QED) is 0.718. The highest BCUT2D eigenvalue weighted by Crippen LogP contribution is 2.39. The summed E-state index contributed by atoms with van der Waals surface area (Å²) in [5.41, 5.74) is 4.16. The fraction of sp³-hybridized carbons (Fsp3) is 0.200. The van der Waals surface area contributed by atoms with E-state index in [1.54, 1.807) is 11.1 Å². The van der Waals surface area contributed by atoms with Gasteiger partial charge in [-0.2, -0.15) is 0 Å². The van der Waals surface area contributed by atoms with Gasteiger partial charge >= 0.3 is 0 Å². The van der Waals surface area contributed by atoms with Gasteiger partial charge in [-0.05, 0) is 29.3 Å². The molecular weight excluding hydrogens is 227 g/mol. The summed E-state index contributed by atoms with van der Waals surface area (Å²) in [5.74, 6) is 6.10. The first-order valence-electron chi connectivity index (χ1n) is 6.08. The molecule has 1 heterocycles. The molecule has 0 fully saturated rings. The maximum absolute atomic E-state index is 13.4. The molecule has 1 aliphatic rings. The molecule has 1 atom stereocenters.